The van der Waals surface area contributed by atoms with Crippen LogP contribution in [0.5, 0.6) is 0 Å². The Bertz CT molecular complexity index is 749. The molecule has 0 unspecified atom stereocenters. The van der Waals surface area contributed by atoms with Gasteiger partial charge in [-0.15, -0.1) is 0 Å². The average Bonchev–Trinajstić information content (AvgIpc) is 2.97. The van der Waals surface area contributed by atoms with Crippen LogP contribution in [-0.2, 0) is 11.4 Å². The molecule has 1 heterocycles. The monoisotopic (exact) mass is 291 g/mol. The minimum absolute atomic E-state index is 0.724. The third kappa shape index (κ3) is 3.23. The summed E-state index contributed by atoms with van der Waals surface area (Å²) in [6.07, 6.45) is 3.68. The third-order valence-corrected chi connectivity index (χ3v) is 3.32. The molecular formula is C18H17N3O. The van der Waals surface area contributed by atoms with Gasteiger partial charge in [0, 0.05) is 17.3 Å². The second-order valence-corrected chi connectivity index (χ2v) is 4.90. The van der Waals surface area contributed by atoms with Crippen LogP contribution in [0.25, 0.3) is 11.3 Å². The summed E-state index contributed by atoms with van der Waals surface area (Å²) in [7, 11) is 1.53. The molecule has 0 radical (unpaired) electrons. The SMILES string of the molecule is CON=Cc1cn(Cc2ccccc2)nc1-c1ccccc1. The van der Waals surface area contributed by atoms with Gasteiger partial charge < -0.3 is 4.84 Å². The minimum atomic E-state index is 0.724. The van der Waals surface area contributed by atoms with Gasteiger partial charge in [0.05, 0.1) is 12.8 Å². The molecular weight excluding hydrogens is 274 g/mol. The van der Waals surface area contributed by atoms with Crippen LogP contribution in [0, 0.1) is 0 Å². The molecule has 110 valence electrons. The molecule has 0 N–H and O–H groups in total. The van der Waals surface area contributed by atoms with Crippen molar-refractivity contribution in [1.82, 2.24) is 9.78 Å². The number of rotatable bonds is 5. The predicted octanol–water partition coefficient (Wildman–Crippen LogP) is 3.58. The fourth-order valence-electron chi connectivity index (χ4n) is 2.31. The molecule has 0 aliphatic carbocycles. The molecule has 1 aromatic heterocycles. The van der Waals surface area contributed by atoms with Crippen LogP contribution in [0.3, 0.4) is 0 Å². The lowest BCUT2D eigenvalue weighted by molar-refractivity contribution is 0.215. The number of hydrogen-bond donors (Lipinski definition) is 0. The Balaban J connectivity index is 1.96. The van der Waals surface area contributed by atoms with Gasteiger partial charge in [0.1, 0.15) is 12.8 Å². The van der Waals surface area contributed by atoms with Gasteiger partial charge in [-0.25, -0.2) is 0 Å². The zero-order valence-corrected chi connectivity index (χ0v) is 12.4. The molecule has 0 aliphatic rings. The van der Waals surface area contributed by atoms with Crippen LogP contribution in [0.4, 0.5) is 0 Å². The Morgan fingerprint density at radius 2 is 1.73 bits per heavy atom. The van der Waals surface area contributed by atoms with Gasteiger partial charge in [-0.3, -0.25) is 4.68 Å². The summed E-state index contributed by atoms with van der Waals surface area (Å²) in [4.78, 5) is 4.80. The van der Waals surface area contributed by atoms with E-state index in [9.17, 15) is 0 Å². The van der Waals surface area contributed by atoms with E-state index in [0.29, 0.717) is 0 Å². The molecule has 0 aliphatic heterocycles. The van der Waals surface area contributed by atoms with Crippen LogP contribution >= 0.6 is 0 Å². The Morgan fingerprint density at radius 1 is 1.05 bits per heavy atom. The normalized spacial score (nSPS) is 11.0. The third-order valence-electron chi connectivity index (χ3n) is 3.32. The Labute approximate surface area is 129 Å². The van der Waals surface area contributed by atoms with Gasteiger partial charge in [0.25, 0.3) is 0 Å². The molecule has 3 aromatic rings. The molecule has 0 bridgehead atoms. The van der Waals surface area contributed by atoms with Crippen molar-refractivity contribution in [3.05, 3.63) is 78.0 Å². The van der Waals surface area contributed by atoms with E-state index in [1.54, 1.807) is 6.21 Å². The molecule has 0 saturated heterocycles. The molecule has 22 heavy (non-hydrogen) atoms. The minimum Gasteiger partial charge on any atom is -0.399 e. The molecule has 2 aromatic carbocycles. The first-order valence-electron chi connectivity index (χ1n) is 7.10. The molecule has 4 nitrogen and oxygen atoms in total. The molecule has 0 amide bonds. The van der Waals surface area contributed by atoms with Crippen molar-refractivity contribution in [2.45, 2.75) is 6.54 Å². The zero-order valence-electron chi connectivity index (χ0n) is 12.4. The lowest BCUT2D eigenvalue weighted by Gasteiger charge is -2.01. The van der Waals surface area contributed by atoms with Crippen molar-refractivity contribution in [2.24, 2.45) is 5.16 Å². The molecule has 0 atom stereocenters. The van der Waals surface area contributed by atoms with E-state index in [0.717, 1.165) is 23.4 Å². The Kier molecular flexibility index (Phi) is 4.30. The largest absolute Gasteiger partial charge is 0.399 e. The second-order valence-electron chi connectivity index (χ2n) is 4.90. The number of aromatic nitrogens is 2. The summed E-state index contributed by atoms with van der Waals surface area (Å²) in [6, 6.07) is 20.3. The first-order chi connectivity index (χ1) is 10.9. The van der Waals surface area contributed by atoms with Gasteiger partial charge in [-0.2, -0.15) is 5.10 Å². The highest BCUT2D eigenvalue weighted by Gasteiger charge is 2.10. The molecule has 4 heteroatoms. The maximum atomic E-state index is 4.80. The van der Waals surface area contributed by atoms with Crippen molar-refractivity contribution in [3.8, 4) is 11.3 Å². The van der Waals surface area contributed by atoms with Gasteiger partial charge >= 0.3 is 0 Å². The summed E-state index contributed by atoms with van der Waals surface area (Å²) in [5, 5.41) is 8.57. The van der Waals surface area contributed by atoms with E-state index in [2.05, 4.69) is 17.3 Å². The average molecular weight is 291 g/mol. The number of nitrogens with zero attached hydrogens (tertiary/aromatic N) is 3. The molecule has 0 fully saturated rings. The van der Waals surface area contributed by atoms with E-state index in [1.807, 2.05) is 59.4 Å². The van der Waals surface area contributed by atoms with Crippen molar-refractivity contribution >= 4 is 6.21 Å². The van der Waals surface area contributed by atoms with E-state index in [1.165, 1.54) is 12.7 Å². The Hall–Kier alpha value is -2.88. The topological polar surface area (TPSA) is 39.4 Å². The maximum absolute atomic E-state index is 4.80. The number of hydrogen-bond acceptors (Lipinski definition) is 3. The standard InChI is InChI=1S/C18H17N3O/c1-22-19-12-17-14-21(13-15-8-4-2-5-9-15)20-18(17)16-10-6-3-7-11-16/h2-12,14H,13H2,1H3. The van der Waals surface area contributed by atoms with Crippen molar-refractivity contribution in [2.75, 3.05) is 7.11 Å². The summed E-state index contributed by atoms with van der Waals surface area (Å²) in [6.45, 7) is 0.724. The summed E-state index contributed by atoms with van der Waals surface area (Å²) >= 11 is 0. The highest BCUT2D eigenvalue weighted by Crippen LogP contribution is 2.21. The van der Waals surface area contributed by atoms with Gasteiger partial charge in [-0.1, -0.05) is 65.8 Å². The summed E-state index contributed by atoms with van der Waals surface area (Å²) in [5.41, 5.74) is 4.10. The number of oxime groups is 1. The first-order valence-corrected chi connectivity index (χ1v) is 7.10. The second kappa shape index (κ2) is 6.72. The van der Waals surface area contributed by atoms with Crippen LogP contribution in [-0.4, -0.2) is 23.1 Å². The predicted molar refractivity (Wildman–Crippen MR) is 87.8 cm³/mol. The van der Waals surface area contributed by atoms with Crippen molar-refractivity contribution < 1.29 is 4.84 Å². The lowest BCUT2D eigenvalue weighted by Crippen LogP contribution is -1.99. The van der Waals surface area contributed by atoms with Crippen molar-refractivity contribution in [3.63, 3.8) is 0 Å². The Morgan fingerprint density at radius 3 is 2.41 bits per heavy atom. The van der Waals surface area contributed by atoms with Gasteiger partial charge in [-0.05, 0) is 5.56 Å². The molecule has 3 rings (SSSR count). The summed E-state index contributed by atoms with van der Waals surface area (Å²) in [5.74, 6) is 0. The molecule has 0 spiro atoms. The highest BCUT2D eigenvalue weighted by atomic mass is 16.6. The first kappa shape index (κ1) is 14.1. The molecule has 0 saturated carbocycles. The van der Waals surface area contributed by atoms with Gasteiger partial charge in [0.15, 0.2) is 0 Å². The van der Waals surface area contributed by atoms with Crippen LogP contribution in [0.2, 0.25) is 0 Å². The van der Waals surface area contributed by atoms with E-state index < -0.39 is 0 Å². The zero-order chi connectivity index (χ0) is 15.2. The fourth-order valence-corrected chi connectivity index (χ4v) is 2.31. The van der Waals surface area contributed by atoms with Crippen molar-refractivity contribution in [1.29, 1.82) is 0 Å². The fraction of sp³-hybridized carbons (Fsp3) is 0.111. The maximum Gasteiger partial charge on any atom is 0.106 e. The van der Waals surface area contributed by atoms with E-state index >= 15 is 0 Å². The van der Waals surface area contributed by atoms with E-state index in [-0.39, 0.29) is 0 Å². The van der Waals surface area contributed by atoms with Crippen LogP contribution in [0.1, 0.15) is 11.1 Å². The number of benzene rings is 2. The smallest absolute Gasteiger partial charge is 0.106 e. The highest BCUT2D eigenvalue weighted by molar-refractivity contribution is 5.88. The van der Waals surface area contributed by atoms with Crippen LogP contribution < -0.4 is 0 Å². The van der Waals surface area contributed by atoms with Gasteiger partial charge in [0.2, 0.25) is 0 Å². The van der Waals surface area contributed by atoms with Crippen LogP contribution in [0.15, 0.2) is 72.0 Å². The summed E-state index contributed by atoms with van der Waals surface area (Å²) < 4.78 is 1.93. The van der Waals surface area contributed by atoms with E-state index in [4.69, 9.17) is 9.94 Å². The quantitative estimate of drug-likeness (QED) is 0.532. The lowest BCUT2D eigenvalue weighted by atomic mass is 10.1.